The minimum Gasteiger partial charge on any atom is -0.497 e. The molecule has 2 rings (SSSR count). The second kappa shape index (κ2) is 8.57. The van der Waals surface area contributed by atoms with E-state index >= 15 is 0 Å². The van der Waals surface area contributed by atoms with Crippen molar-refractivity contribution in [1.82, 2.24) is 4.90 Å². The van der Waals surface area contributed by atoms with Gasteiger partial charge in [0.2, 0.25) is 5.91 Å². The van der Waals surface area contributed by atoms with Crippen LogP contribution < -0.4 is 14.8 Å². The normalized spacial score (nSPS) is 10.5. The summed E-state index contributed by atoms with van der Waals surface area (Å²) in [6.07, 6.45) is 0. The van der Waals surface area contributed by atoms with Gasteiger partial charge in [-0.05, 0) is 37.4 Å². The molecule has 6 heteroatoms. The number of carbonyl (C=O) groups is 1. The molecule has 0 radical (unpaired) electrons. The molecule has 0 saturated heterocycles. The van der Waals surface area contributed by atoms with Crippen LogP contribution >= 0.6 is 11.6 Å². The van der Waals surface area contributed by atoms with E-state index < -0.39 is 0 Å². The van der Waals surface area contributed by atoms with Gasteiger partial charge in [-0.15, -0.1) is 0 Å². The van der Waals surface area contributed by atoms with E-state index in [1.807, 2.05) is 42.3 Å². The van der Waals surface area contributed by atoms with Crippen molar-refractivity contribution in [2.24, 2.45) is 0 Å². The Morgan fingerprint density at radius 3 is 2.67 bits per heavy atom. The van der Waals surface area contributed by atoms with Crippen LogP contribution in [-0.2, 0) is 11.3 Å². The van der Waals surface area contributed by atoms with Crippen LogP contribution in [0.15, 0.2) is 42.5 Å². The molecular weight excluding hydrogens is 328 g/mol. The Bertz CT molecular complexity index is 706. The van der Waals surface area contributed by atoms with Crippen molar-refractivity contribution in [1.29, 1.82) is 0 Å². The quantitative estimate of drug-likeness (QED) is 0.833. The summed E-state index contributed by atoms with van der Waals surface area (Å²) in [6.45, 7) is 0.794. The molecule has 0 heterocycles. The number of hydrogen-bond donors (Lipinski definition) is 1. The van der Waals surface area contributed by atoms with E-state index in [0.29, 0.717) is 23.0 Å². The van der Waals surface area contributed by atoms with E-state index in [-0.39, 0.29) is 12.5 Å². The van der Waals surface area contributed by atoms with E-state index in [2.05, 4.69) is 5.32 Å². The third-order valence-corrected chi connectivity index (χ3v) is 3.68. The lowest BCUT2D eigenvalue weighted by Crippen LogP contribution is -2.30. The lowest BCUT2D eigenvalue weighted by atomic mass is 10.2. The molecule has 128 valence electrons. The third-order valence-electron chi connectivity index (χ3n) is 3.45. The fourth-order valence-corrected chi connectivity index (χ4v) is 2.56. The Labute approximate surface area is 147 Å². The van der Waals surface area contributed by atoms with Crippen molar-refractivity contribution in [3.63, 3.8) is 0 Å². The average molecular weight is 349 g/mol. The molecule has 5 nitrogen and oxygen atoms in total. The molecule has 0 atom stereocenters. The van der Waals surface area contributed by atoms with Gasteiger partial charge in [0.1, 0.15) is 11.5 Å². The SMILES string of the molecule is COc1cccc(NC(=O)CN(C)Cc2cc(Cl)ccc2OC)c1. The van der Waals surface area contributed by atoms with Crippen molar-refractivity contribution in [2.45, 2.75) is 6.54 Å². The molecule has 1 N–H and O–H groups in total. The summed E-state index contributed by atoms with van der Waals surface area (Å²) in [6, 6.07) is 12.7. The number of ether oxygens (including phenoxy) is 2. The fraction of sp³-hybridized carbons (Fsp3) is 0.278. The number of rotatable bonds is 7. The van der Waals surface area contributed by atoms with E-state index in [9.17, 15) is 4.79 Å². The molecule has 0 spiro atoms. The first-order valence-electron chi connectivity index (χ1n) is 7.46. The van der Waals surface area contributed by atoms with Crippen molar-refractivity contribution in [3.8, 4) is 11.5 Å². The maximum atomic E-state index is 12.2. The molecule has 0 bridgehead atoms. The predicted octanol–water partition coefficient (Wildman–Crippen LogP) is 3.43. The summed E-state index contributed by atoms with van der Waals surface area (Å²) in [4.78, 5) is 14.1. The first kappa shape index (κ1) is 18.1. The zero-order chi connectivity index (χ0) is 17.5. The maximum Gasteiger partial charge on any atom is 0.238 e. The van der Waals surface area contributed by atoms with E-state index in [1.165, 1.54) is 0 Å². The molecule has 0 saturated carbocycles. The molecule has 0 aliphatic heterocycles. The molecule has 2 aromatic rings. The predicted molar refractivity (Wildman–Crippen MR) is 96.0 cm³/mol. The van der Waals surface area contributed by atoms with Gasteiger partial charge in [-0.2, -0.15) is 0 Å². The average Bonchev–Trinajstić information content (AvgIpc) is 2.55. The Kier molecular flexibility index (Phi) is 6.46. The molecular formula is C18H21ClN2O3. The topological polar surface area (TPSA) is 50.8 Å². The highest BCUT2D eigenvalue weighted by atomic mass is 35.5. The van der Waals surface area contributed by atoms with Gasteiger partial charge in [-0.25, -0.2) is 0 Å². The summed E-state index contributed by atoms with van der Waals surface area (Å²) in [7, 11) is 5.07. The van der Waals surface area contributed by atoms with Crippen molar-refractivity contribution >= 4 is 23.2 Å². The largest absolute Gasteiger partial charge is 0.497 e. The molecule has 0 aliphatic rings. The molecule has 0 fully saturated rings. The minimum atomic E-state index is -0.105. The number of methoxy groups -OCH3 is 2. The second-order valence-corrected chi connectivity index (χ2v) is 5.85. The molecule has 1 amide bonds. The van der Waals surface area contributed by atoms with Crippen LogP contribution in [-0.4, -0.2) is 38.6 Å². The number of anilines is 1. The monoisotopic (exact) mass is 348 g/mol. The van der Waals surface area contributed by atoms with Gasteiger partial charge in [-0.1, -0.05) is 17.7 Å². The van der Waals surface area contributed by atoms with Crippen LogP contribution in [0.2, 0.25) is 5.02 Å². The van der Waals surface area contributed by atoms with E-state index in [4.69, 9.17) is 21.1 Å². The summed E-state index contributed by atoms with van der Waals surface area (Å²) in [5.74, 6) is 1.34. The fourth-order valence-electron chi connectivity index (χ4n) is 2.36. The van der Waals surface area contributed by atoms with Gasteiger partial charge < -0.3 is 14.8 Å². The van der Waals surface area contributed by atoms with Crippen LogP contribution in [0.3, 0.4) is 0 Å². The maximum absolute atomic E-state index is 12.2. The Morgan fingerprint density at radius 2 is 1.96 bits per heavy atom. The Balaban J connectivity index is 1.95. The van der Waals surface area contributed by atoms with Crippen LogP contribution in [0.4, 0.5) is 5.69 Å². The number of nitrogens with zero attached hydrogens (tertiary/aromatic N) is 1. The number of benzene rings is 2. The molecule has 0 aliphatic carbocycles. The van der Waals surface area contributed by atoms with Gasteiger partial charge in [0.25, 0.3) is 0 Å². The van der Waals surface area contributed by atoms with Crippen molar-refractivity contribution in [3.05, 3.63) is 53.1 Å². The lowest BCUT2D eigenvalue weighted by molar-refractivity contribution is -0.117. The zero-order valence-electron chi connectivity index (χ0n) is 14.0. The number of amides is 1. The number of likely N-dealkylation sites (N-methyl/N-ethyl adjacent to an activating group) is 1. The molecule has 2 aromatic carbocycles. The molecule has 0 unspecified atom stereocenters. The highest BCUT2D eigenvalue weighted by Gasteiger charge is 2.11. The zero-order valence-corrected chi connectivity index (χ0v) is 14.8. The smallest absolute Gasteiger partial charge is 0.238 e. The van der Waals surface area contributed by atoms with Gasteiger partial charge in [0, 0.05) is 28.9 Å². The number of carbonyl (C=O) groups excluding carboxylic acids is 1. The van der Waals surface area contributed by atoms with E-state index in [0.717, 1.165) is 11.3 Å². The highest BCUT2D eigenvalue weighted by molar-refractivity contribution is 6.30. The second-order valence-electron chi connectivity index (χ2n) is 5.41. The number of hydrogen-bond acceptors (Lipinski definition) is 4. The Hall–Kier alpha value is -2.24. The lowest BCUT2D eigenvalue weighted by Gasteiger charge is -2.18. The first-order chi connectivity index (χ1) is 11.5. The molecule has 0 aromatic heterocycles. The van der Waals surface area contributed by atoms with Crippen LogP contribution in [0.5, 0.6) is 11.5 Å². The number of nitrogens with one attached hydrogen (secondary N) is 1. The highest BCUT2D eigenvalue weighted by Crippen LogP contribution is 2.23. The third kappa shape index (κ3) is 5.15. The van der Waals surface area contributed by atoms with Gasteiger partial charge in [0.05, 0.1) is 20.8 Å². The standard InChI is InChI=1S/C18H21ClN2O3/c1-21(11-13-9-14(19)7-8-17(13)24-3)12-18(22)20-15-5-4-6-16(10-15)23-2/h4-10H,11-12H2,1-3H3,(H,20,22). The first-order valence-corrected chi connectivity index (χ1v) is 7.84. The summed E-state index contributed by atoms with van der Waals surface area (Å²) < 4.78 is 10.5. The molecule has 24 heavy (non-hydrogen) atoms. The number of halogens is 1. The van der Waals surface area contributed by atoms with Gasteiger partial charge in [0.15, 0.2) is 0 Å². The Morgan fingerprint density at radius 1 is 1.17 bits per heavy atom. The van der Waals surface area contributed by atoms with Gasteiger partial charge in [-0.3, -0.25) is 9.69 Å². The van der Waals surface area contributed by atoms with E-state index in [1.54, 1.807) is 26.4 Å². The summed E-state index contributed by atoms with van der Waals surface area (Å²) in [5.41, 5.74) is 1.63. The summed E-state index contributed by atoms with van der Waals surface area (Å²) >= 11 is 6.03. The summed E-state index contributed by atoms with van der Waals surface area (Å²) in [5, 5.41) is 3.49. The van der Waals surface area contributed by atoms with Crippen molar-refractivity contribution < 1.29 is 14.3 Å². The minimum absolute atomic E-state index is 0.105. The van der Waals surface area contributed by atoms with Crippen LogP contribution in [0.1, 0.15) is 5.56 Å². The van der Waals surface area contributed by atoms with Crippen molar-refractivity contribution in [2.75, 3.05) is 33.1 Å². The van der Waals surface area contributed by atoms with Crippen LogP contribution in [0.25, 0.3) is 0 Å². The van der Waals surface area contributed by atoms with Gasteiger partial charge >= 0.3 is 0 Å². The van der Waals surface area contributed by atoms with Crippen LogP contribution in [0, 0.1) is 0 Å².